The number of amides is 1. The van der Waals surface area contributed by atoms with Crippen LogP contribution in [-0.4, -0.2) is 10.9 Å². The molecule has 0 bridgehead atoms. The molecule has 24 heavy (non-hydrogen) atoms. The van der Waals surface area contributed by atoms with E-state index in [2.05, 4.69) is 59.1 Å². The number of hydrogen-bond acceptors (Lipinski definition) is 3. The van der Waals surface area contributed by atoms with Crippen molar-refractivity contribution in [1.82, 2.24) is 4.98 Å². The van der Waals surface area contributed by atoms with Crippen LogP contribution in [0.15, 0.2) is 51.7 Å². The van der Waals surface area contributed by atoms with Gasteiger partial charge in [0.05, 0.1) is 12.7 Å². The normalized spacial score (nSPS) is 11.7. The van der Waals surface area contributed by atoms with Crippen molar-refractivity contribution < 1.29 is 9.21 Å². The maximum Gasteiger partial charge on any atom is 0.230 e. The number of nitrogens with one attached hydrogen (secondary N) is 1. The van der Waals surface area contributed by atoms with Gasteiger partial charge < -0.3 is 9.73 Å². The predicted octanol–water partition coefficient (Wildman–Crippen LogP) is 5.07. The van der Waals surface area contributed by atoms with Crippen molar-refractivity contribution in [2.45, 2.75) is 32.6 Å². The lowest BCUT2D eigenvalue weighted by Crippen LogP contribution is -2.15. The highest BCUT2D eigenvalue weighted by atomic mass is 79.9. The van der Waals surface area contributed by atoms with Gasteiger partial charge in [0.1, 0.15) is 11.4 Å². The Kier molecular flexibility index (Phi) is 4.45. The molecule has 0 fully saturated rings. The molecule has 0 spiro atoms. The van der Waals surface area contributed by atoms with Crippen molar-refractivity contribution >= 4 is 38.6 Å². The van der Waals surface area contributed by atoms with Crippen LogP contribution in [0, 0.1) is 0 Å². The van der Waals surface area contributed by atoms with E-state index < -0.39 is 0 Å². The number of halogens is 1. The molecule has 1 aromatic carbocycles. The summed E-state index contributed by atoms with van der Waals surface area (Å²) in [7, 11) is 0. The lowest BCUT2D eigenvalue weighted by molar-refractivity contribution is -0.115. The minimum Gasteiger partial charge on any atom is -0.464 e. The third-order valence-electron chi connectivity index (χ3n) is 3.87. The van der Waals surface area contributed by atoms with E-state index >= 15 is 0 Å². The van der Waals surface area contributed by atoms with E-state index in [0.717, 1.165) is 21.0 Å². The molecule has 0 saturated heterocycles. The minimum absolute atomic E-state index is 0.0480. The summed E-state index contributed by atoms with van der Waals surface area (Å²) in [5.74, 6) is 0.417. The molecule has 3 aromatic rings. The van der Waals surface area contributed by atoms with Gasteiger partial charge in [0.25, 0.3) is 0 Å². The first kappa shape index (κ1) is 16.7. The third kappa shape index (κ3) is 3.67. The van der Waals surface area contributed by atoms with Gasteiger partial charge in [-0.3, -0.25) is 4.79 Å². The van der Waals surface area contributed by atoms with Gasteiger partial charge in [-0.25, -0.2) is 4.98 Å². The zero-order valence-corrected chi connectivity index (χ0v) is 15.5. The Balaban J connectivity index is 1.81. The van der Waals surface area contributed by atoms with Gasteiger partial charge in [-0.15, -0.1) is 0 Å². The topological polar surface area (TPSA) is 55.1 Å². The summed E-state index contributed by atoms with van der Waals surface area (Å²) in [6.45, 7) is 6.50. The van der Waals surface area contributed by atoms with Crippen LogP contribution in [0.5, 0.6) is 0 Å². The lowest BCUT2D eigenvalue weighted by Gasteiger charge is -2.18. The summed E-state index contributed by atoms with van der Waals surface area (Å²) in [5, 5.41) is 3.79. The molecule has 0 radical (unpaired) electrons. The Labute approximate surface area is 149 Å². The average Bonchev–Trinajstić information content (AvgIpc) is 2.91. The molecule has 0 aliphatic heterocycles. The van der Waals surface area contributed by atoms with E-state index in [-0.39, 0.29) is 17.7 Å². The molecular formula is C19H19BrN2O2. The molecule has 3 rings (SSSR count). The summed E-state index contributed by atoms with van der Waals surface area (Å²) in [4.78, 5) is 16.4. The van der Waals surface area contributed by atoms with E-state index in [4.69, 9.17) is 4.42 Å². The van der Waals surface area contributed by atoms with E-state index in [1.54, 1.807) is 18.5 Å². The van der Waals surface area contributed by atoms with Crippen molar-refractivity contribution in [3.05, 3.63) is 58.4 Å². The Hall–Kier alpha value is -2.14. The van der Waals surface area contributed by atoms with Gasteiger partial charge in [0.2, 0.25) is 5.91 Å². The van der Waals surface area contributed by atoms with Gasteiger partial charge in [-0.05, 0) is 51.2 Å². The minimum atomic E-state index is -0.117. The van der Waals surface area contributed by atoms with Crippen LogP contribution >= 0.6 is 15.9 Å². The first-order valence-electron chi connectivity index (χ1n) is 7.75. The molecule has 0 unspecified atom stereocenters. The zero-order valence-electron chi connectivity index (χ0n) is 13.9. The van der Waals surface area contributed by atoms with Crippen molar-refractivity contribution in [1.29, 1.82) is 0 Å². The summed E-state index contributed by atoms with van der Waals surface area (Å²) >= 11 is 3.32. The number of pyridine rings is 1. The van der Waals surface area contributed by atoms with Crippen LogP contribution in [0.4, 0.5) is 5.82 Å². The summed E-state index contributed by atoms with van der Waals surface area (Å²) in [5.41, 5.74) is 2.94. The highest BCUT2D eigenvalue weighted by molar-refractivity contribution is 9.10. The highest BCUT2D eigenvalue weighted by Gasteiger charge is 2.17. The van der Waals surface area contributed by atoms with Gasteiger partial charge in [-0.2, -0.15) is 0 Å². The number of benzene rings is 1. The fourth-order valence-corrected chi connectivity index (χ4v) is 2.73. The number of rotatable bonds is 3. The predicted molar refractivity (Wildman–Crippen MR) is 99.2 cm³/mol. The molecule has 2 heterocycles. The Bertz CT molecular complexity index is 877. The zero-order chi connectivity index (χ0) is 17.3. The molecule has 2 aromatic heterocycles. The number of carbonyl (C=O) groups excluding carboxylic acids is 1. The van der Waals surface area contributed by atoms with Crippen LogP contribution in [0.25, 0.3) is 11.0 Å². The van der Waals surface area contributed by atoms with E-state index in [0.29, 0.717) is 5.82 Å². The van der Waals surface area contributed by atoms with Crippen molar-refractivity contribution in [2.24, 2.45) is 0 Å². The maximum atomic E-state index is 12.3. The molecule has 0 saturated carbocycles. The standard InChI is InChI=1S/C19H19BrN2O2/c1-19(2,3)13-4-6-16-15(9-13)12(11-24-16)8-18(23)22-17-7-5-14(20)10-21-17/h4-7,9-11H,8H2,1-3H3,(H,21,22,23). The molecule has 1 amide bonds. The van der Waals surface area contributed by atoms with Crippen molar-refractivity contribution in [2.75, 3.05) is 5.32 Å². The van der Waals surface area contributed by atoms with Gasteiger partial charge in [-0.1, -0.05) is 26.8 Å². The van der Waals surface area contributed by atoms with Gasteiger partial charge >= 0.3 is 0 Å². The van der Waals surface area contributed by atoms with E-state index in [1.807, 2.05) is 12.1 Å². The fourth-order valence-electron chi connectivity index (χ4n) is 2.49. The maximum absolute atomic E-state index is 12.3. The molecular weight excluding hydrogens is 368 g/mol. The van der Waals surface area contributed by atoms with Crippen LogP contribution in [-0.2, 0) is 16.6 Å². The molecule has 5 heteroatoms. The lowest BCUT2D eigenvalue weighted by atomic mass is 9.86. The number of aromatic nitrogens is 1. The molecule has 124 valence electrons. The largest absolute Gasteiger partial charge is 0.464 e. The van der Waals surface area contributed by atoms with Crippen molar-refractivity contribution in [3.63, 3.8) is 0 Å². The first-order chi connectivity index (χ1) is 11.3. The van der Waals surface area contributed by atoms with E-state index in [1.165, 1.54) is 5.56 Å². The highest BCUT2D eigenvalue weighted by Crippen LogP contribution is 2.29. The van der Waals surface area contributed by atoms with Crippen LogP contribution in [0.2, 0.25) is 0 Å². The molecule has 0 atom stereocenters. The van der Waals surface area contributed by atoms with Gasteiger partial charge in [0.15, 0.2) is 0 Å². The summed E-state index contributed by atoms with van der Waals surface area (Å²) < 4.78 is 6.45. The number of fused-ring (bicyclic) bond motifs is 1. The third-order valence-corrected chi connectivity index (χ3v) is 4.33. The van der Waals surface area contributed by atoms with E-state index in [9.17, 15) is 4.79 Å². The molecule has 1 N–H and O–H groups in total. The second kappa shape index (κ2) is 6.40. The fraction of sp³-hybridized carbons (Fsp3) is 0.263. The van der Waals surface area contributed by atoms with Crippen molar-refractivity contribution in [3.8, 4) is 0 Å². The first-order valence-corrected chi connectivity index (χ1v) is 8.54. The molecule has 0 aliphatic carbocycles. The number of hydrogen-bond donors (Lipinski definition) is 1. The number of nitrogens with zero attached hydrogens (tertiary/aromatic N) is 1. The smallest absolute Gasteiger partial charge is 0.230 e. The van der Waals surface area contributed by atoms with Gasteiger partial charge in [0, 0.05) is 21.6 Å². The van der Waals surface area contributed by atoms with Crippen LogP contribution in [0.3, 0.4) is 0 Å². The van der Waals surface area contributed by atoms with Crippen LogP contribution < -0.4 is 5.32 Å². The second-order valence-electron chi connectivity index (χ2n) is 6.81. The average molecular weight is 387 g/mol. The molecule has 4 nitrogen and oxygen atoms in total. The Morgan fingerprint density at radius 1 is 1.25 bits per heavy atom. The summed E-state index contributed by atoms with van der Waals surface area (Å²) in [6.07, 6.45) is 3.56. The number of carbonyl (C=O) groups is 1. The number of anilines is 1. The monoisotopic (exact) mass is 386 g/mol. The Morgan fingerprint density at radius 3 is 2.71 bits per heavy atom. The SMILES string of the molecule is CC(C)(C)c1ccc2occ(CC(=O)Nc3ccc(Br)cn3)c2c1. The quantitative estimate of drug-likeness (QED) is 0.683. The second-order valence-corrected chi connectivity index (χ2v) is 7.72. The van der Waals surface area contributed by atoms with Crippen LogP contribution in [0.1, 0.15) is 31.9 Å². The number of furan rings is 1. The Morgan fingerprint density at radius 2 is 2.04 bits per heavy atom. The summed E-state index contributed by atoms with van der Waals surface area (Å²) in [6, 6.07) is 9.74. The molecule has 0 aliphatic rings.